The number of rotatable bonds is 3. The normalized spacial score (nSPS) is 17.0. The summed E-state index contributed by atoms with van der Waals surface area (Å²) in [7, 11) is 0. The Morgan fingerprint density at radius 3 is 2.68 bits per heavy atom. The van der Waals surface area contributed by atoms with E-state index in [1.807, 2.05) is 18.2 Å². The van der Waals surface area contributed by atoms with Gasteiger partial charge in [-0.2, -0.15) is 0 Å². The van der Waals surface area contributed by atoms with Gasteiger partial charge in [0.1, 0.15) is 18.0 Å². The third-order valence-electron chi connectivity index (χ3n) is 4.85. The summed E-state index contributed by atoms with van der Waals surface area (Å²) in [6.07, 6.45) is 4.35. The summed E-state index contributed by atoms with van der Waals surface area (Å²) >= 11 is 0. The van der Waals surface area contributed by atoms with Crippen molar-refractivity contribution in [3.63, 3.8) is 0 Å². The number of hydrogen-bond acceptors (Lipinski definition) is 5. The van der Waals surface area contributed by atoms with Crippen LogP contribution in [0.1, 0.15) is 24.6 Å². The van der Waals surface area contributed by atoms with Crippen molar-refractivity contribution in [3.8, 4) is 0 Å². The van der Waals surface area contributed by atoms with E-state index in [0.29, 0.717) is 5.52 Å². The topological polar surface area (TPSA) is 62.1 Å². The molecule has 6 heteroatoms. The minimum atomic E-state index is -0.542. The van der Waals surface area contributed by atoms with Crippen molar-refractivity contribution in [1.29, 1.82) is 0 Å². The smallest absolute Gasteiger partial charge is 0.139 e. The summed E-state index contributed by atoms with van der Waals surface area (Å²) in [6, 6.07) is 10.2. The van der Waals surface area contributed by atoms with Crippen LogP contribution in [0.25, 0.3) is 10.9 Å². The largest absolute Gasteiger partial charge is 0.387 e. The molecule has 1 saturated heterocycles. The Hall–Kier alpha value is -2.60. The van der Waals surface area contributed by atoms with Crippen LogP contribution < -0.4 is 4.90 Å². The molecule has 1 aromatic carbocycles. The first-order chi connectivity index (χ1) is 12.2. The van der Waals surface area contributed by atoms with Gasteiger partial charge in [0.25, 0.3) is 0 Å². The van der Waals surface area contributed by atoms with Gasteiger partial charge in [-0.05, 0) is 43.0 Å². The van der Waals surface area contributed by atoms with E-state index >= 15 is 0 Å². The predicted octanol–water partition coefficient (Wildman–Crippen LogP) is 3.11. The number of piperidine rings is 1. The number of nitrogens with zero attached hydrogens (tertiary/aromatic N) is 4. The Kier molecular flexibility index (Phi) is 4.28. The second kappa shape index (κ2) is 6.72. The average Bonchev–Trinajstić information content (AvgIpc) is 2.67. The fraction of sp³-hybridized carbons (Fsp3) is 0.316. The van der Waals surface area contributed by atoms with Gasteiger partial charge in [-0.3, -0.25) is 4.98 Å². The molecule has 1 atom stereocenters. The lowest BCUT2D eigenvalue weighted by Gasteiger charge is -2.35. The number of halogens is 1. The molecule has 1 aliphatic rings. The molecule has 0 amide bonds. The lowest BCUT2D eigenvalue weighted by atomic mass is 9.89. The van der Waals surface area contributed by atoms with Crippen molar-refractivity contribution in [3.05, 3.63) is 60.4 Å². The van der Waals surface area contributed by atoms with Crippen LogP contribution in [-0.2, 0) is 0 Å². The van der Waals surface area contributed by atoms with Gasteiger partial charge in [-0.15, -0.1) is 0 Å². The molecular formula is C19H19FN4O. The van der Waals surface area contributed by atoms with Gasteiger partial charge in [-0.25, -0.2) is 14.4 Å². The molecule has 0 radical (unpaired) electrons. The third-order valence-corrected chi connectivity index (χ3v) is 4.85. The number of aromatic nitrogens is 3. The second-order valence-corrected chi connectivity index (χ2v) is 6.38. The summed E-state index contributed by atoms with van der Waals surface area (Å²) < 4.78 is 13.4. The molecule has 5 nitrogen and oxygen atoms in total. The standard InChI is InChI=1S/C19H19FN4O/c20-14-4-5-15-17(11-14)22-12-23-19(15)24-9-6-13(7-10-24)18(25)16-3-1-2-8-21-16/h1-5,8,11-13,18,25H,6-7,9-10H2/t18-/m0/s1. The van der Waals surface area contributed by atoms with Crippen LogP contribution in [0.4, 0.5) is 10.2 Å². The van der Waals surface area contributed by atoms with Gasteiger partial charge in [-0.1, -0.05) is 6.07 Å². The van der Waals surface area contributed by atoms with E-state index in [1.54, 1.807) is 12.3 Å². The minimum Gasteiger partial charge on any atom is -0.387 e. The van der Waals surface area contributed by atoms with Gasteiger partial charge >= 0.3 is 0 Å². The Labute approximate surface area is 145 Å². The highest BCUT2D eigenvalue weighted by molar-refractivity contribution is 5.89. The van der Waals surface area contributed by atoms with Crippen molar-refractivity contribution >= 4 is 16.7 Å². The Morgan fingerprint density at radius 1 is 1.08 bits per heavy atom. The zero-order valence-corrected chi connectivity index (χ0v) is 13.7. The zero-order chi connectivity index (χ0) is 17.2. The molecule has 1 fully saturated rings. The van der Waals surface area contributed by atoms with Crippen molar-refractivity contribution in [1.82, 2.24) is 15.0 Å². The maximum Gasteiger partial charge on any atom is 0.139 e. The van der Waals surface area contributed by atoms with Crippen molar-refractivity contribution < 1.29 is 9.50 Å². The van der Waals surface area contributed by atoms with E-state index in [1.165, 1.54) is 18.5 Å². The van der Waals surface area contributed by atoms with E-state index in [-0.39, 0.29) is 11.7 Å². The Morgan fingerprint density at radius 2 is 1.92 bits per heavy atom. The first kappa shape index (κ1) is 15.9. The van der Waals surface area contributed by atoms with Crippen LogP contribution in [0.5, 0.6) is 0 Å². The van der Waals surface area contributed by atoms with E-state index in [0.717, 1.165) is 42.8 Å². The van der Waals surface area contributed by atoms with Crippen LogP contribution in [0.2, 0.25) is 0 Å². The highest BCUT2D eigenvalue weighted by Gasteiger charge is 2.28. The maximum atomic E-state index is 13.4. The number of aliphatic hydroxyl groups excluding tert-OH is 1. The summed E-state index contributed by atoms with van der Waals surface area (Å²) in [5.74, 6) is 0.710. The molecule has 0 unspecified atom stereocenters. The number of benzene rings is 1. The van der Waals surface area contributed by atoms with Crippen LogP contribution in [0.15, 0.2) is 48.9 Å². The molecule has 3 heterocycles. The average molecular weight is 338 g/mol. The Balaban J connectivity index is 1.51. The van der Waals surface area contributed by atoms with E-state index < -0.39 is 6.10 Å². The first-order valence-electron chi connectivity index (χ1n) is 8.46. The number of hydrogen-bond donors (Lipinski definition) is 1. The molecule has 25 heavy (non-hydrogen) atoms. The monoisotopic (exact) mass is 338 g/mol. The van der Waals surface area contributed by atoms with Crippen LogP contribution in [0, 0.1) is 11.7 Å². The van der Waals surface area contributed by atoms with Gasteiger partial charge in [0.15, 0.2) is 0 Å². The second-order valence-electron chi connectivity index (χ2n) is 6.38. The molecule has 0 aliphatic carbocycles. The highest BCUT2D eigenvalue weighted by atomic mass is 19.1. The van der Waals surface area contributed by atoms with Crippen LogP contribution in [-0.4, -0.2) is 33.1 Å². The summed E-state index contributed by atoms with van der Waals surface area (Å²) in [4.78, 5) is 15.0. The minimum absolute atomic E-state index is 0.177. The Bertz CT molecular complexity index is 866. The van der Waals surface area contributed by atoms with Gasteiger partial charge in [0, 0.05) is 30.7 Å². The van der Waals surface area contributed by atoms with E-state index in [4.69, 9.17) is 0 Å². The lowest BCUT2D eigenvalue weighted by molar-refractivity contribution is 0.0890. The van der Waals surface area contributed by atoms with E-state index in [2.05, 4.69) is 19.9 Å². The summed E-state index contributed by atoms with van der Waals surface area (Å²) in [5.41, 5.74) is 1.34. The summed E-state index contributed by atoms with van der Waals surface area (Å²) in [6.45, 7) is 1.58. The van der Waals surface area contributed by atoms with Crippen LogP contribution >= 0.6 is 0 Å². The predicted molar refractivity (Wildman–Crippen MR) is 93.6 cm³/mol. The van der Waals surface area contributed by atoms with Crippen molar-refractivity contribution in [2.75, 3.05) is 18.0 Å². The molecule has 1 aliphatic heterocycles. The quantitative estimate of drug-likeness (QED) is 0.795. The fourth-order valence-electron chi connectivity index (χ4n) is 3.49. The highest BCUT2D eigenvalue weighted by Crippen LogP contribution is 2.33. The molecule has 0 spiro atoms. The zero-order valence-electron chi connectivity index (χ0n) is 13.7. The molecule has 0 saturated carbocycles. The maximum absolute atomic E-state index is 13.4. The van der Waals surface area contributed by atoms with Gasteiger partial charge < -0.3 is 10.0 Å². The lowest BCUT2D eigenvalue weighted by Crippen LogP contribution is -2.36. The van der Waals surface area contributed by atoms with Crippen molar-refractivity contribution in [2.24, 2.45) is 5.92 Å². The molecule has 4 rings (SSSR count). The fourth-order valence-corrected chi connectivity index (χ4v) is 3.49. The molecule has 3 aromatic rings. The van der Waals surface area contributed by atoms with Gasteiger partial charge in [0.05, 0.1) is 17.3 Å². The van der Waals surface area contributed by atoms with Gasteiger partial charge in [0.2, 0.25) is 0 Å². The van der Waals surface area contributed by atoms with Crippen molar-refractivity contribution in [2.45, 2.75) is 18.9 Å². The summed E-state index contributed by atoms with van der Waals surface area (Å²) in [5, 5.41) is 11.4. The first-order valence-corrected chi connectivity index (χ1v) is 8.46. The number of aliphatic hydroxyl groups is 1. The van der Waals surface area contributed by atoms with E-state index in [9.17, 15) is 9.50 Å². The third kappa shape index (κ3) is 3.17. The molecule has 0 bridgehead atoms. The molecule has 2 aromatic heterocycles. The number of pyridine rings is 1. The van der Waals surface area contributed by atoms with Crippen LogP contribution in [0.3, 0.4) is 0 Å². The molecular weight excluding hydrogens is 319 g/mol. The SMILES string of the molecule is O[C@H](c1ccccn1)C1CCN(c2ncnc3cc(F)ccc23)CC1. The molecule has 1 N–H and O–H groups in total. The number of anilines is 1. The molecule has 128 valence electrons. The number of fused-ring (bicyclic) bond motifs is 1.